The second-order valence-electron chi connectivity index (χ2n) is 6.58. The van der Waals surface area contributed by atoms with E-state index < -0.39 is 0 Å². The molecule has 1 fully saturated rings. The van der Waals surface area contributed by atoms with Crippen LogP contribution in [0.3, 0.4) is 0 Å². The average Bonchev–Trinajstić information content (AvgIpc) is 2.95. The van der Waals surface area contributed by atoms with Gasteiger partial charge < -0.3 is 10.6 Å². The van der Waals surface area contributed by atoms with E-state index in [1.54, 1.807) is 17.0 Å². The summed E-state index contributed by atoms with van der Waals surface area (Å²) in [6, 6.07) is 7.19. The van der Waals surface area contributed by atoms with E-state index in [1.807, 2.05) is 26.0 Å². The molecule has 0 saturated carbocycles. The van der Waals surface area contributed by atoms with E-state index in [1.165, 1.54) is 4.68 Å². The number of hydrogen-bond acceptors (Lipinski definition) is 4. The molecule has 2 N–H and O–H groups in total. The quantitative estimate of drug-likeness (QED) is 0.924. The van der Waals surface area contributed by atoms with E-state index >= 15 is 0 Å². The van der Waals surface area contributed by atoms with E-state index in [9.17, 15) is 9.59 Å². The first-order valence-electron chi connectivity index (χ1n) is 8.02. The monoisotopic (exact) mass is 314 g/mol. The van der Waals surface area contributed by atoms with Gasteiger partial charge in [0.15, 0.2) is 5.69 Å². The zero-order chi connectivity index (χ0) is 16.6. The maximum Gasteiger partial charge on any atom is 0.275 e. The van der Waals surface area contributed by atoms with Crippen LogP contribution in [0.4, 0.5) is 0 Å². The van der Waals surface area contributed by atoms with Gasteiger partial charge in [-0.25, -0.2) is 4.68 Å². The molecule has 6 nitrogen and oxygen atoms in total. The zero-order valence-electron chi connectivity index (χ0n) is 13.5. The van der Waals surface area contributed by atoms with Crippen LogP contribution < -0.4 is 11.3 Å². The molecule has 23 heavy (non-hydrogen) atoms. The summed E-state index contributed by atoms with van der Waals surface area (Å²) >= 11 is 0. The number of hydrogen-bond donors (Lipinski definition) is 1. The van der Waals surface area contributed by atoms with Crippen LogP contribution in [0, 0.1) is 5.92 Å². The molecule has 1 aliphatic rings. The Hall–Kier alpha value is -2.21. The van der Waals surface area contributed by atoms with Crippen molar-refractivity contribution in [2.24, 2.45) is 11.7 Å². The van der Waals surface area contributed by atoms with Crippen LogP contribution in [0.25, 0.3) is 10.8 Å². The van der Waals surface area contributed by atoms with Gasteiger partial charge in [-0.3, -0.25) is 9.59 Å². The van der Waals surface area contributed by atoms with Gasteiger partial charge in [0.2, 0.25) is 0 Å². The van der Waals surface area contributed by atoms with Crippen molar-refractivity contribution < 1.29 is 4.79 Å². The summed E-state index contributed by atoms with van der Waals surface area (Å²) in [5.74, 6) is 0.121. The molecule has 0 aliphatic carbocycles. The van der Waals surface area contributed by atoms with Crippen LogP contribution in [0.15, 0.2) is 29.1 Å². The maximum absolute atomic E-state index is 12.8. The van der Waals surface area contributed by atoms with Gasteiger partial charge in [-0.2, -0.15) is 5.10 Å². The topological polar surface area (TPSA) is 81.2 Å². The summed E-state index contributed by atoms with van der Waals surface area (Å²) in [7, 11) is 0. The SMILES string of the molecule is CC(C)Cn1nc(C(=O)N2CCC(N)C2)c2ccccc2c1=O. The molecule has 0 bridgehead atoms. The second kappa shape index (κ2) is 6.12. The van der Waals surface area contributed by atoms with Gasteiger partial charge in [-0.15, -0.1) is 0 Å². The van der Waals surface area contributed by atoms with E-state index in [-0.39, 0.29) is 23.4 Å². The predicted molar refractivity (Wildman–Crippen MR) is 89.3 cm³/mol. The fourth-order valence-corrected chi connectivity index (χ4v) is 2.98. The van der Waals surface area contributed by atoms with E-state index in [2.05, 4.69) is 5.10 Å². The lowest BCUT2D eigenvalue weighted by molar-refractivity contribution is 0.0784. The van der Waals surface area contributed by atoms with Gasteiger partial charge in [0, 0.05) is 31.1 Å². The van der Waals surface area contributed by atoms with Gasteiger partial charge >= 0.3 is 0 Å². The number of carbonyl (C=O) groups is 1. The Morgan fingerprint density at radius 2 is 2.04 bits per heavy atom. The standard InChI is InChI=1S/C17H22N4O2/c1-11(2)9-21-16(22)14-6-4-3-5-13(14)15(19-21)17(23)20-8-7-12(18)10-20/h3-6,11-12H,7-10,18H2,1-2H3. The van der Waals surface area contributed by atoms with Crippen LogP contribution >= 0.6 is 0 Å². The number of amides is 1. The Bertz CT molecular complexity index is 797. The van der Waals surface area contributed by atoms with Crippen molar-refractivity contribution in [2.45, 2.75) is 32.9 Å². The molecule has 1 saturated heterocycles. The number of aromatic nitrogens is 2. The van der Waals surface area contributed by atoms with Crippen LogP contribution in [0.5, 0.6) is 0 Å². The molecule has 0 radical (unpaired) electrons. The van der Waals surface area contributed by atoms with Crippen LogP contribution in [-0.4, -0.2) is 39.7 Å². The van der Waals surface area contributed by atoms with Crippen LogP contribution in [0.1, 0.15) is 30.8 Å². The lowest BCUT2D eigenvalue weighted by atomic mass is 10.1. The molecular weight excluding hydrogens is 292 g/mol. The molecule has 1 amide bonds. The lowest BCUT2D eigenvalue weighted by Gasteiger charge is -2.18. The number of likely N-dealkylation sites (tertiary alicyclic amines) is 1. The minimum absolute atomic E-state index is 0.0202. The van der Waals surface area contributed by atoms with Gasteiger partial charge in [0.25, 0.3) is 11.5 Å². The van der Waals surface area contributed by atoms with Crippen molar-refractivity contribution in [1.82, 2.24) is 14.7 Å². The third-order valence-corrected chi connectivity index (χ3v) is 4.12. The minimum atomic E-state index is -0.149. The third-order valence-electron chi connectivity index (χ3n) is 4.12. The smallest absolute Gasteiger partial charge is 0.275 e. The lowest BCUT2D eigenvalue weighted by Crippen LogP contribution is -2.35. The number of nitrogens with zero attached hydrogens (tertiary/aromatic N) is 3. The normalized spacial score (nSPS) is 18.1. The summed E-state index contributed by atoms with van der Waals surface area (Å²) in [6.07, 6.45) is 0.801. The van der Waals surface area contributed by atoms with Crippen molar-refractivity contribution in [3.63, 3.8) is 0 Å². The molecule has 122 valence electrons. The van der Waals surface area contributed by atoms with E-state index in [0.29, 0.717) is 36.1 Å². The third kappa shape index (κ3) is 2.99. The number of rotatable bonds is 3. The highest BCUT2D eigenvalue weighted by atomic mass is 16.2. The molecule has 1 aromatic heterocycles. The van der Waals surface area contributed by atoms with Crippen molar-refractivity contribution in [2.75, 3.05) is 13.1 Å². The maximum atomic E-state index is 12.8. The highest BCUT2D eigenvalue weighted by Gasteiger charge is 2.27. The first-order chi connectivity index (χ1) is 11.0. The molecule has 1 aliphatic heterocycles. The van der Waals surface area contributed by atoms with Crippen molar-refractivity contribution >= 4 is 16.7 Å². The zero-order valence-corrected chi connectivity index (χ0v) is 13.5. The number of nitrogens with two attached hydrogens (primary N) is 1. The van der Waals surface area contributed by atoms with E-state index in [4.69, 9.17) is 5.73 Å². The molecule has 0 spiro atoms. The van der Waals surface area contributed by atoms with Gasteiger partial charge in [-0.05, 0) is 18.4 Å². The van der Waals surface area contributed by atoms with Crippen molar-refractivity contribution in [3.8, 4) is 0 Å². The molecule has 6 heteroatoms. The summed E-state index contributed by atoms with van der Waals surface area (Å²) in [5.41, 5.74) is 6.10. The minimum Gasteiger partial charge on any atom is -0.336 e. The van der Waals surface area contributed by atoms with Gasteiger partial charge in [0.1, 0.15) is 0 Å². The van der Waals surface area contributed by atoms with Crippen molar-refractivity contribution in [1.29, 1.82) is 0 Å². The Balaban J connectivity index is 2.13. The molecular formula is C17H22N4O2. The summed E-state index contributed by atoms with van der Waals surface area (Å²) in [4.78, 5) is 27.1. The summed E-state index contributed by atoms with van der Waals surface area (Å²) < 4.78 is 1.41. The molecule has 2 aromatic rings. The Labute approximate surface area is 134 Å². The number of benzene rings is 1. The molecule has 1 aromatic carbocycles. The average molecular weight is 314 g/mol. The molecule has 1 unspecified atom stereocenters. The van der Waals surface area contributed by atoms with Crippen LogP contribution in [0.2, 0.25) is 0 Å². The van der Waals surface area contributed by atoms with E-state index in [0.717, 1.165) is 6.42 Å². The fourth-order valence-electron chi connectivity index (χ4n) is 2.98. The predicted octanol–water partition coefficient (Wildman–Crippen LogP) is 1.23. The largest absolute Gasteiger partial charge is 0.336 e. The van der Waals surface area contributed by atoms with Crippen molar-refractivity contribution in [3.05, 3.63) is 40.3 Å². The molecule has 3 rings (SSSR count). The first-order valence-corrected chi connectivity index (χ1v) is 8.02. The highest BCUT2D eigenvalue weighted by molar-refractivity contribution is 6.04. The number of fused-ring (bicyclic) bond motifs is 1. The fraction of sp³-hybridized carbons (Fsp3) is 0.471. The molecule has 2 heterocycles. The summed E-state index contributed by atoms with van der Waals surface area (Å²) in [6.45, 7) is 5.70. The highest BCUT2D eigenvalue weighted by Crippen LogP contribution is 2.18. The Morgan fingerprint density at radius 3 is 2.65 bits per heavy atom. The van der Waals surface area contributed by atoms with Gasteiger partial charge in [0.05, 0.1) is 5.39 Å². The molecule has 1 atom stereocenters. The Kier molecular flexibility index (Phi) is 4.17. The second-order valence-corrected chi connectivity index (χ2v) is 6.58. The summed E-state index contributed by atoms with van der Waals surface area (Å²) in [5, 5.41) is 5.53. The Morgan fingerprint density at radius 1 is 1.35 bits per heavy atom. The first kappa shape index (κ1) is 15.7. The number of carbonyl (C=O) groups excluding carboxylic acids is 1. The van der Waals surface area contributed by atoms with Crippen LogP contribution in [-0.2, 0) is 6.54 Å². The van der Waals surface area contributed by atoms with Gasteiger partial charge in [-0.1, -0.05) is 32.0 Å².